The van der Waals surface area contributed by atoms with Gasteiger partial charge in [-0.3, -0.25) is 0 Å². The van der Waals surface area contributed by atoms with Crippen LogP contribution in [0.5, 0.6) is 0 Å². The third kappa shape index (κ3) is 3.11. The van der Waals surface area contributed by atoms with E-state index in [1.54, 1.807) is 24.3 Å². The molecule has 2 aromatic rings. The lowest BCUT2D eigenvalue weighted by atomic mass is 9.70. The van der Waals surface area contributed by atoms with Gasteiger partial charge in [0.1, 0.15) is 17.0 Å². The molecule has 0 saturated carbocycles. The molecule has 1 atom stereocenters. The first kappa shape index (κ1) is 15.2. The molecule has 0 aromatic heterocycles. The van der Waals surface area contributed by atoms with Gasteiger partial charge >= 0.3 is 0 Å². The van der Waals surface area contributed by atoms with Crippen molar-refractivity contribution in [3.63, 3.8) is 0 Å². The number of hydrogen-bond acceptors (Lipinski definition) is 1. The molecule has 1 nitrogen and oxygen atoms in total. The predicted molar refractivity (Wildman–Crippen MR) is 78.6 cm³/mol. The van der Waals surface area contributed by atoms with Gasteiger partial charge in [0.15, 0.2) is 0 Å². The summed E-state index contributed by atoms with van der Waals surface area (Å²) < 4.78 is 26.7. The summed E-state index contributed by atoms with van der Waals surface area (Å²) in [5, 5.41) is 9.83. The fourth-order valence-electron chi connectivity index (χ4n) is 2.68. The molecule has 1 unspecified atom stereocenters. The number of nitrogens with zero attached hydrogens (tertiary/aromatic N) is 1. The van der Waals surface area contributed by atoms with E-state index in [1.165, 1.54) is 24.3 Å². The topological polar surface area (TPSA) is 23.8 Å². The number of hydrogen-bond donors (Lipinski definition) is 0. The minimum absolute atomic E-state index is 0.234. The summed E-state index contributed by atoms with van der Waals surface area (Å²) in [4.78, 5) is 0. The van der Waals surface area contributed by atoms with Crippen LogP contribution in [0.15, 0.2) is 48.5 Å². The highest BCUT2D eigenvalue weighted by Crippen LogP contribution is 2.38. The second-order valence-electron chi connectivity index (χ2n) is 5.63. The maximum Gasteiger partial charge on any atom is 0.123 e. The van der Waals surface area contributed by atoms with E-state index in [-0.39, 0.29) is 17.6 Å². The Morgan fingerprint density at radius 2 is 1.67 bits per heavy atom. The van der Waals surface area contributed by atoms with Crippen LogP contribution in [0.25, 0.3) is 0 Å². The van der Waals surface area contributed by atoms with Gasteiger partial charge in [0.05, 0.1) is 6.07 Å². The second-order valence-corrected chi connectivity index (χ2v) is 5.63. The van der Waals surface area contributed by atoms with E-state index in [1.807, 2.05) is 13.8 Å². The lowest BCUT2D eigenvalue weighted by Gasteiger charge is -2.29. The molecule has 2 aromatic carbocycles. The standard InChI is InChI=1S/C18H17F2N/c1-13(2)11-18(12-21,14-6-8-16(19)9-7-14)15-4-3-5-17(20)10-15/h3-10,13H,11H2,1-2H3. The highest BCUT2D eigenvalue weighted by molar-refractivity contribution is 5.46. The largest absolute Gasteiger partial charge is 0.207 e. The monoisotopic (exact) mass is 285 g/mol. The van der Waals surface area contributed by atoms with E-state index < -0.39 is 5.41 Å². The quantitative estimate of drug-likeness (QED) is 0.790. The average molecular weight is 285 g/mol. The van der Waals surface area contributed by atoms with Crippen LogP contribution in [0.3, 0.4) is 0 Å². The van der Waals surface area contributed by atoms with Crippen molar-refractivity contribution >= 4 is 0 Å². The zero-order valence-corrected chi connectivity index (χ0v) is 12.1. The summed E-state index contributed by atoms with van der Waals surface area (Å²) in [6.07, 6.45) is 0.540. The SMILES string of the molecule is CC(C)CC(C#N)(c1ccc(F)cc1)c1cccc(F)c1. The number of nitriles is 1. The van der Waals surface area contributed by atoms with Gasteiger partial charge in [-0.05, 0) is 47.7 Å². The highest BCUT2D eigenvalue weighted by Gasteiger charge is 2.35. The first-order chi connectivity index (χ1) is 9.98. The van der Waals surface area contributed by atoms with Gasteiger partial charge in [-0.25, -0.2) is 8.78 Å². The van der Waals surface area contributed by atoms with E-state index in [4.69, 9.17) is 0 Å². The Kier molecular flexibility index (Phi) is 4.37. The minimum Gasteiger partial charge on any atom is -0.207 e. The molecule has 0 amide bonds. The van der Waals surface area contributed by atoms with Crippen molar-refractivity contribution in [2.45, 2.75) is 25.7 Å². The molecule has 0 fully saturated rings. The third-order valence-corrected chi connectivity index (χ3v) is 3.56. The molecule has 0 saturated heterocycles. The molecule has 0 aliphatic heterocycles. The van der Waals surface area contributed by atoms with Crippen LogP contribution >= 0.6 is 0 Å². The van der Waals surface area contributed by atoms with Crippen LogP contribution in [-0.4, -0.2) is 0 Å². The lowest BCUT2D eigenvalue weighted by molar-refractivity contribution is 0.470. The van der Waals surface area contributed by atoms with Crippen LogP contribution in [0, 0.1) is 28.9 Å². The van der Waals surface area contributed by atoms with Gasteiger partial charge in [-0.15, -0.1) is 0 Å². The van der Waals surface area contributed by atoms with Crippen molar-refractivity contribution in [3.8, 4) is 6.07 Å². The third-order valence-electron chi connectivity index (χ3n) is 3.56. The van der Waals surface area contributed by atoms with Crippen LogP contribution in [-0.2, 0) is 5.41 Å². The number of halogens is 2. The van der Waals surface area contributed by atoms with Gasteiger partial charge in [-0.2, -0.15) is 5.26 Å². The summed E-state index contributed by atoms with van der Waals surface area (Å²) in [6, 6.07) is 14.3. The Hall–Kier alpha value is -2.21. The molecule has 108 valence electrons. The van der Waals surface area contributed by atoms with Crippen molar-refractivity contribution < 1.29 is 8.78 Å². The fourth-order valence-corrected chi connectivity index (χ4v) is 2.68. The normalized spacial score (nSPS) is 13.7. The van der Waals surface area contributed by atoms with Crippen molar-refractivity contribution in [3.05, 3.63) is 71.3 Å². The molecule has 21 heavy (non-hydrogen) atoms. The van der Waals surface area contributed by atoms with E-state index >= 15 is 0 Å². The van der Waals surface area contributed by atoms with E-state index in [9.17, 15) is 14.0 Å². The maximum atomic E-state index is 13.6. The van der Waals surface area contributed by atoms with Gasteiger partial charge < -0.3 is 0 Å². The summed E-state index contributed by atoms with van der Waals surface area (Å²) in [7, 11) is 0. The zero-order chi connectivity index (χ0) is 15.5. The van der Waals surface area contributed by atoms with Crippen molar-refractivity contribution in [1.29, 1.82) is 5.26 Å². The average Bonchev–Trinajstić information content (AvgIpc) is 2.45. The number of rotatable bonds is 4. The van der Waals surface area contributed by atoms with Crippen molar-refractivity contribution in [2.75, 3.05) is 0 Å². The van der Waals surface area contributed by atoms with Gasteiger partial charge in [0.25, 0.3) is 0 Å². The molecule has 2 rings (SSSR count). The molecule has 0 radical (unpaired) electrons. The zero-order valence-electron chi connectivity index (χ0n) is 12.1. The lowest BCUT2D eigenvalue weighted by Crippen LogP contribution is -2.28. The number of benzene rings is 2. The first-order valence-electron chi connectivity index (χ1n) is 6.91. The Balaban J connectivity index is 2.64. The minimum atomic E-state index is -0.968. The Morgan fingerprint density at radius 1 is 1.00 bits per heavy atom. The molecular formula is C18H17F2N. The van der Waals surface area contributed by atoms with Crippen LogP contribution in [0.2, 0.25) is 0 Å². The Bertz CT molecular complexity index is 656. The summed E-state index contributed by atoms with van der Waals surface area (Å²) in [5.41, 5.74) is 0.320. The van der Waals surface area contributed by atoms with Gasteiger partial charge in [-0.1, -0.05) is 38.1 Å². The highest BCUT2D eigenvalue weighted by atomic mass is 19.1. The van der Waals surface area contributed by atoms with E-state index in [2.05, 4.69) is 6.07 Å². The molecular weight excluding hydrogens is 268 g/mol. The van der Waals surface area contributed by atoms with Crippen LogP contribution in [0.1, 0.15) is 31.4 Å². The summed E-state index contributed by atoms with van der Waals surface area (Å²) in [5.74, 6) is -0.495. The molecule has 0 spiro atoms. The molecule has 3 heteroatoms. The van der Waals surface area contributed by atoms with Crippen LogP contribution in [0.4, 0.5) is 8.78 Å². The molecule has 0 heterocycles. The maximum absolute atomic E-state index is 13.6. The summed E-state index contributed by atoms with van der Waals surface area (Å²) in [6.45, 7) is 4.02. The molecule has 0 aliphatic rings. The molecule has 0 N–H and O–H groups in total. The van der Waals surface area contributed by atoms with E-state index in [0.717, 1.165) is 0 Å². The second kappa shape index (κ2) is 6.05. The Morgan fingerprint density at radius 3 is 2.19 bits per heavy atom. The van der Waals surface area contributed by atoms with Crippen LogP contribution < -0.4 is 0 Å². The van der Waals surface area contributed by atoms with Gasteiger partial charge in [0.2, 0.25) is 0 Å². The van der Waals surface area contributed by atoms with Gasteiger partial charge in [0, 0.05) is 0 Å². The van der Waals surface area contributed by atoms with Crippen molar-refractivity contribution in [1.82, 2.24) is 0 Å². The first-order valence-corrected chi connectivity index (χ1v) is 6.91. The van der Waals surface area contributed by atoms with E-state index in [0.29, 0.717) is 17.5 Å². The molecule has 0 aliphatic carbocycles. The summed E-state index contributed by atoms with van der Waals surface area (Å²) >= 11 is 0. The van der Waals surface area contributed by atoms with Crippen molar-refractivity contribution in [2.24, 2.45) is 5.92 Å². The predicted octanol–water partition coefficient (Wildman–Crippen LogP) is 4.82. The fraction of sp³-hybridized carbons (Fsp3) is 0.278. The Labute approximate surface area is 123 Å². The molecule has 0 bridgehead atoms. The smallest absolute Gasteiger partial charge is 0.123 e.